The molecule has 2 nitrogen and oxygen atoms in total. The summed E-state index contributed by atoms with van der Waals surface area (Å²) >= 11 is 0. The quantitative estimate of drug-likeness (QED) is 0.762. The summed E-state index contributed by atoms with van der Waals surface area (Å²) in [6.45, 7) is 3.90. The van der Waals surface area contributed by atoms with Crippen molar-refractivity contribution >= 4 is 6.08 Å². The lowest BCUT2D eigenvalue weighted by molar-refractivity contribution is 0.182. The topological polar surface area (TPSA) is 29.5 Å². The monoisotopic (exact) mass is 234 g/mol. The molecule has 0 fully saturated rings. The molecule has 0 heterocycles. The van der Waals surface area contributed by atoms with E-state index in [0.29, 0.717) is 0 Å². The van der Waals surface area contributed by atoms with Crippen molar-refractivity contribution in [3.05, 3.63) is 35.4 Å². The normalized spacial score (nSPS) is 12.9. The molecular formula is C15H22O2. The standard InChI is InChI=1S/C15H22O2/c1-12-9-10-15(17-3)14(11-12)8-6-4-5-7-13(2)16/h6,8-11,13,16H,4-5,7H2,1-3H3/b8-6+/t13-/m1/s1. The van der Waals surface area contributed by atoms with Gasteiger partial charge in [0, 0.05) is 5.56 Å². The van der Waals surface area contributed by atoms with Gasteiger partial charge >= 0.3 is 0 Å². The van der Waals surface area contributed by atoms with Crippen LogP contribution in [0.3, 0.4) is 0 Å². The van der Waals surface area contributed by atoms with Gasteiger partial charge in [-0.05, 0) is 45.2 Å². The lowest BCUT2D eigenvalue weighted by Gasteiger charge is -2.05. The van der Waals surface area contributed by atoms with Crippen LogP contribution >= 0.6 is 0 Å². The van der Waals surface area contributed by atoms with Crippen LogP contribution in [0, 0.1) is 6.92 Å². The van der Waals surface area contributed by atoms with Crippen LogP contribution in [0.25, 0.3) is 6.08 Å². The smallest absolute Gasteiger partial charge is 0.126 e. The molecule has 17 heavy (non-hydrogen) atoms. The van der Waals surface area contributed by atoms with Gasteiger partial charge in [0.2, 0.25) is 0 Å². The zero-order chi connectivity index (χ0) is 12.7. The number of benzene rings is 1. The van der Waals surface area contributed by atoms with Crippen LogP contribution in [0.4, 0.5) is 0 Å². The van der Waals surface area contributed by atoms with Crippen molar-refractivity contribution in [1.29, 1.82) is 0 Å². The van der Waals surface area contributed by atoms with E-state index in [-0.39, 0.29) is 6.10 Å². The van der Waals surface area contributed by atoms with E-state index in [4.69, 9.17) is 9.84 Å². The fourth-order valence-electron chi connectivity index (χ4n) is 1.73. The first-order valence-electron chi connectivity index (χ1n) is 6.12. The molecule has 1 aromatic rings. The molecule has 0 aliphatic carbocycles. The van der Waals surface area contributed by atoms with E-state index in [9.17, 15) is 0 Å². The number of aryl methyl sites for hydroxylation is 1. The van der Waals surface area contributed by atoms with Gasteiger partial charge in [-0.25, -0.2) is 0 Å². The first kappa shape index (κ1) is 13.8. The van der Waals surface area contributed by atoms with Crippen LogP contribution in [0.15, 0.2) is 24.3 Å². The Morgan fingerprint density at radius 3 is 2.82 bits per heavy atom. The highest BCUT2D eigenvalue weighted by Gasteiger charge is 1.99. The number of unbranched alkanes of at least 4 members (excludes halogenated alkanes) is 1. The molecule has 94 valence electrons. The molecule has 0 aliphatic rings. The van der Waals surface area contributed by atoms with Crippen LogP contribution in [0.2, 0.25) is 0 Å². The summed E-state index contributed by atoms with van der Waals surface area (Å²) in [4.78, 5) is 0. The Morgan fingerprint density at radius 1 is 1.41 bits per heavy atom. The molecule has 1 rings (SSSR count). The first-order chi connectivity index (χ1) is 8.13. The molecule has 0 spiro atoms. The maximum atomic E-state index is 9.14. The minimum Gasteiger partial charge on any atom is -0.496 e. The van der Waals surface area contributed by atoms with Crippen molar-refractivity contribution in [2.75, 3.05) is 7.11 Å². The molecule has 1 N–H and O–H groups in total. The number of allylic oxidation sites excluding steroid dienone is 1. The second kappa shape index (κ2) is 7.13. The van der Waals surface area contributed by atoms with Crippen LogP contribution < -0.4 is 4.74 Å². The first-order valence-corrected chi connectivity index (χ1v) is 6.12. The maximum absolute atomic E-state index is 9.14. The molecule has 0 unspecified atom stereocenters. The average molecular weight is 234 g/mol. The predicted molar refractivity (Wildman–Crippen MR) is 72.3 cm³/mol. The van der Waals surface area contributed by atoms with E-state index in [2.05, 4.69) is 25.1 Å². The summed E-state index contributed by atoms with van der Waals surface area (Å²) in [6.07, 6.45) is 6.89. The summed E-state index contributed by atoms with van der Waals surface area (Å²) in [6, 6.07) is 6.15. The number of aliphatic hydroxyl groups excluding tert-OH is 1. The lowest BCUT2D eigenvalue weighted by atomic mass is 10.1. The number of rotatable bonds is 6. The van der Waals surface area contributed by atoms with Crippen LogP contribution in [-0.2, 0) is 0 Å². The van der Waals surface area contributed by atoms with Gasteiger partial charge < -0.3 is 9.84 Å². The Kier molecular flexibility index (Phi) is 5.78. The van der Waals surface area contributed by atoms with Crippen LogP contribution in [0.1, 0.15) is 37.3 Å². The van der Waals surface area contributed by atoms with Gasteiger partial charge in [0.15, 0.2) is 0 Å². The maximum Gasteiger partial charge on any atom is 0.126 e. The summed E-state index contributed by atoms with van der Waals surface area (Å²) in [5.41, 5.74) is 2.35. The van der Waals surface area contributed by atoms with E-state index in [1.165, 1.54) is 5.56 Å². The van der Waals surface area contributed by atoms with Crippen molar-refractivity contribution in [3.8, 4) is 5.75 Å². The number of aliphatic hydroxyl groups is 1. The minimum absolute atomic E-state index is 0.197. The summed E-state index contributed by atoms with van der Waals surface area (Å²) < 4.78 is 5.30. The number of hydrogen-bond acceptors (Lipinski definition) is 2. The zero-order valence-corrected chi connectivity index (χ0v) is 10.9. The molecule has 1 atom stereocenters. The largest absolute Gasteiger partial charge is 0.496 e. The van der Waals surface area contributed by atoms with Crippen molar-refractivity contribution < 1.29 is 9.84 Å². The van der Waals surface area contributed by atoms with E-state index >= 15 is 0 Å². The molecule has 2 heteroatoms. The Bertz CT molecular complexity index is 367. The Morgan fingerprint density at radius 2 is 2.18 bits per heavy atom. The lowest BCUT2D eigenvalue weighted by Crippen LogP contribution is -1.97. The summed E-state index contributed by atoms with van der Waals surface area (Å²) in [5.74, 6) is 0.905. The highest BCUT2D eigenvalue weighted by Crippen LogP contribution is 2.21. The molecule has 1 aromatic carbocycles. The minimum atomic E-state index is -0.197. The van der Waals surface area contributed by atoms with E-state index in [0.717, 1.165) is 30.6 Å². The second-order valence-corrected chi connectivity index (χ2v) is 4.43. The Balaban J connectivity index is 2.55. The van der Waals surface area contributed by atoms with Crippen LogP contribution in [-0.4, -0.2) is 18.3 Å². The van der Waals surface area contributed by atoms with Gasteiger partial charge in [0.25, 0.3) is 0 Å². The van der Waals surface area contributed by atoms with Crippen molar-refractivity contribution in [2.45, 2.75) is 39.2 Å². The van der Waals surface area contributed by atoms with Gasteiger partial charge in [-0.2, -0.15) is 0 Å². The SMILES string of the molecule is COc1ccc(C)cc1/C=C/CCC[C@@H](C)O. The molecule has 0 aromatic heterocycles. The van der Waals surface area contributed by atoms with Crippen molar-refractivity contribution in [1.82, 2.24) is 0 Å². The molecule has 0 bridgehead atoms. The van der Waals surface area contributed by atoms with E-state index in [1.54, 1.807) is 7.11 Å². The fraction of sp³-hybridized carbons (Fsp3) is 0.467. The van der Waals surface area contributed by atoms with E-state index < -0.39 is 0 Å². The fourth-order valence-corrected chi connectivity index (χ4v) is 1.73. The number of methoxy groups -OCH3 is 1. The third-order valence-electron chi connectivity index (χ3n) is 2.68. The molecule has 0 saturated heterocycles. The van der Waals surface area contributed by atoms with Gasteiger partial charge in [0.1, 0.15) is 5.75 Å². The molecule has 0 amide bonds. The third kappa shape index (κ3) is 5.05. The Labute approximate surface area is 104 Å². The third-order valence-corrected chi connectivity index (χ3v) is 2.68. The summed E-state index contributed by atoms with van der Waals surface area (Å²) in [5, 5.41) is 9.14. The van der Waals surface area contributed by atoms with Crippen LogP contribution in [0.5, 0.6) is 5.75 Å². The number of ether oxygens (including phenoxy) is 1. The van der Waals surface area contributed by atoms with Crippen molar-refractivity contribution in [2.24, 2.45) is 0 Å². The highest BCUT2D eigenvalue weighted by atomic mass is 16.5. The molecule has 0 aliphatic heterocycles. The van der Waals surface area contributed by atoms with Crippen molar-refractivity contribution in [3.63, 3.8) is 0 Å². The van der Waals surface area contributed by atoms with E-state index in [1.807, 2.05) is 19.1 Å². The van der Waals surface area contributed by atoms with Gasteiger partial charge in [0.05, 0.1) is 13.2 Å². The average Bonchev–Trinajstić information content (AvgIpc) is 2.28. The second-order valence-electron chi connectivity index (χ2n) is 4.43. The highest BCUT2D eigenvalue weighted by molar-refractivity contribution is 5.58. The van der Waals surface area contributed by atoms with Gasteiger partial charge in [-0.1, -0.05) is 23.8 Å². The molecule has 0 radical (unpaired) electrons. The molecule has 0 saturated carbocycles. The summed E-state index contributed by atoms with van der Waals surface area (Å²) in [7, 11) is 1.69. The Hall–Kier alpha value is -1.28. The molecular weight excluding hydrogens is 212 g/mol. The van der Waals surface area contributed by atoms with Gasteiger partial charge in [-0.3, -0.25) is 0 Å². The zero-order valence-electron chi connectivity index (χ0n) is 10.9. The predicted octanol–water partition coefficient (Wildman–Crippen LogP) is 3.57. The van der Waals surface area contributed by atoms with Gasteiger partial charge in [-0.15, -0.1) is 0 Å². The number of hydrogen-bond donors (Lipinski definition) is 1.